The maximum Gasteiger partial charge on any atom is 5.00 e. The molecule has 0 aliphatic carbocycles. The predicted octanol–water partition coefficient (Wildman–Crippen LogP) is -19.0. The summed E-state index contributed by atoms with van der Waals surface area (Å²) < 4.78 is 0. The van der Waals surface area contributed by atoms with Crippen molar-refractivity contribution in [2.24, 2.45) is 28.7 Å². The number of hydrogen-bond acceptors (Lipinski definition) is 25. The van der Waals surface area contributed by atoms with Crippen LogP contribution < -0.4 is 79.7 Å². The molecule has 260 valence electrons. The molecule has 10 N–H and O–H groups in total. The van der Waals surface area contributed by atoms with Crippen LogP contribution >= 0.6 is 0 Å². The van der Waals surface area contributed by atoms with Gasteiger partial charge >= 0.3 is 37.1 Å². The topological polar surface area (TPSA) is 531 Å². The maximum absolute atomic E-state index is 9.71. The third-order valence-electron chi connectivity index (χ3n) is 3.45. The van der Waals surface area contributed by atoms with Crippen LogP contribution in [0.1, 0.15) is 32.1 Å². The number of aliphatic carboxylic acids is 10. The largest absolute Gasteiger partial charge is 5.00 e. The first-order valence-electron chi connectivity index (χ1n) is 11.0. The molecule has 0 bridgehead atoms. The Bertz CT molecular complexity index is 860. The fourth-order valence-corrected chi connectivity index (χ4v) is 1.31. The van der Waals surface area contributed by atoms with E-state index in [2.05, 4.69) is 0 Å². The molecule has 0 amide bonds. The maximum atomic E-state index is 9.71. The summed E-state index contributed by atoms with van der Waals surface area (Å²) in [5.74, 6) is -15.4. The fourth-order valence-electron chi connectivity index (χ4n) is 1.31. The van der Waals surface area contributed by atoms with Gasteiger partial charge in [0.25, 0.3) is 0 Å². The number of carboxylic acid groups (broad SMARTS) is 10. The van der Waals surface area contributed by atoms with Gasteiger partial charge in [-0.1, -0.05) is 0 Å². The van der Waals surface area contributed by atoms with E-state index >= 15 is 0 Å². The SMILES string of the molecule is N[C@@H](CC(=O)[O-])C(=O)[O-].N[C@@H](CC(=O)[O-])C(=O)[O-].N[C@@H](CC(=O)[O-])C(=O)[O-].N[C@@H](CC(=O)[O-])C(=O)[O-].N[C@@H](CC(=O)[O-])C(=O)[O-].[V+5].[V+5]. The third-order valence-corrected chi connectivity index (χ3v) is 3.45. The minimum Gasteiger partial charge on any atom is -0.550 e. The molecule has 0 aromatic heterocycles. The minimum absolute atomic E-state index is 0. The Balaban J connectivity index is -0.0000000842. The molecule has 0 aromatic carbocycles. The molecule has 0 radical (unpaired) electrons. The van der Waals surface area contributed by atoms with E-state index in [-0.39, 0.29) is 37.1 Å². The third kappa shape index (κ3) is 51.5. The van der Waals surface area contributed by atoms with E-state index in [1.165, 1.54) is 0 Å². The van der Waals surface area contributed by atoms with Crippen molar-refractivity contribution in [3.8, 4) is 0 Å². The molecule has 5 atom stereocenters. The van der Waals surface area contributed by atoms with E-state index in [0.29, 0.717) is 0 Å². The van der Waals surface area contributed by atoms with Crippen LogP contribution in [0.4, 0.5) is 0 Å². The van der Waals surface area contributed by atoms with E-state index in [0.717, 1.165) is 0 Å². The molecule has 27 heteroatoms. The van der Waals surface area contributed by atoms with E-state index in [1.807, 2.05) is 0 Å². The van der Waals surface area contributed by atoms with Crippen molar-refractivity contribution in [2.45, 2.75) is 62.3 Å². The van der Waals surface area contributed by atoms with Crippen molar-refractivity contribution in [2.75, 3.05) is 0 Å². The quantitative estimate of drug-likeness (QED) is 0.103. The zero-order valence-corrected chi connectivity index (χ0v) is 26.2. The van der Waals surface area contributed by atoms with Crippen LogP contribution in [0.15, 0.2) is 0 Å². The normalized spacial score (nSPS) is 12.0. The first-order valence-corrected chi connectivity index (χ1v) is 11.0. The average Bonchev–Trinajstić information content (AvgIpc) is 2.83. The zero-order valence-electron chi connectivity index (χ0n) is 23.4. The fraction of sp³-hybridized carbons (Fsp3) is 0.500. The monoisotopic (exact) mass is 757 g/mol. The molecule has 0 rings (SSSR count). The summed E-state index contributed by atoms with van der Waals surface area (Å²) in [6.07, 6.45) is -3.53. The molecule has 0 aliphatic rings. The van der Waals surface area contributed by atoms with Gasteiger partial charge in [0.2, 0.25) is 0 Å². The molecule has 0 fully saturated rings. The molecular formula is C20H25N5O20V2. The first kappa shape index (κ1) is 58.2. The molecule has 25 nitrogen and oxygen atoms in total. The Morgan fingerprint density at radius 1 is 0.298 bits per heavy atom. The van der Waals surface area contributed by atoms with Crippen LogP contribution in [0.3, 0.4) is 0 Å². The van der Waals surface area contributed by atoms with Gasteiger partial charge in [0.1, 0.15) is 0 Å². The molecular weight excluding hydrogens is 732 g/mol. The van der Waals surface area contributed by atoms with Gasteiger partial charge in [-0.05, 0) is 0 Å². The van der Waals surface area contributed by atoms with Gasteiger partial charge in [0.15, 0.2) is 0 Å². The predicted molar refractivity (Wildman–Crippen MR) is 113 cm³/mol. The standard InChI is InChI=1S/5C4H7NO4.2V/c5*5-2(4(8)9)1-3(6)7;;/h5*2H,1,5H2,(H,6,7)(H,8,9);;/q;;;;;2*+5/p-10/t5*2-;;/m00000../s1. The number of nitrogens with two attached hydrogens (primary N) is 5. The first-order chi connectivity index (χ1) is 20.2. The van der Waals surface area contributed by atoms with E-state index in [4.69, 9.17) is 28.7 Å². The van der Waals surface area contributed by atoms with Crippen LogP contribution in [0.25, 0.3) is 0 Å². The summed E-state index contributed by atoms with van der Waals surface area (Å²) in [6, 6.07) is -7.31. The van der Waals surface area contributed by atoms with Crippen LogP contribution in [0.5, 0.6) is 0 Å². The van der Waals surface area contributed by atoms with Crippen molar-refractivity contribution < 1.29 is 136 Å². The molecule has 0 aromatic rings. The Hall–Kier alpha value is -4.33. The average molecular weight is 757 g/mol. The van der Waals surface area contributed by atoms with Crippen LogP contribution in [-0.2, 0) is 85.1 Å². The number of hydrogen-bond donors (Lipinski definition) is 5. The minimum atomic E-state index is -1.58. The molecule has 0 unspecified atom stereocenters. The second-order valence-electron chi connectivity index (χ2n) is 7.51. The molecule has 0 spiro atoms. The van der Waals surface area contributed by atoms with E-state index in [9.17, 15) is 99.0 Å². The molecule has 0 saturated carbocycles. The van der Waals surface area contributed by atoms with Gasteiger partial charge in [-0.25, -0.2) is 0 Å². The Morgan fingerprint density at radius 2 is 0.383 bits per heavy atom. The van der Waals surface area contributed by atoms with Gasteiger partial charge < -0.3 is 128 Å². The van der Waals surface area contributed by atoms with Crippen molar-refractivity contribution in [1.82, 2.24) is 0 Å². The van der Waals surface area contributed by atoms with E-state index in [1.54, 1.807) is 0 Å². The Morgan fingerprint density at radius 3 is 0.404 bits per heavy atom. The Labute approximate surface area is 286 Å². The van der Waals surface area contributed by atoms with Crippen LogP contribution in [-0.4, -0.2) is 89.9 Å². The second kappa shape index (κ2) is 33.0. The smallest absolute Gasteiger partial charge is 0.550 e. The van der Waals surface area contributed by atoms with Gasteiger partial charge in [-0.15, -0.1) is 0 Å². The number of carbonyl (C=O) groups is 10. The summed E-state index contributed by atoms with van der Waals surface area (Å²) in [6.45, 7) is 0. The zero-order chi connectivity index (χ0) is 37.2. The molecule has 0 aliphatic heterocycles. The Kier molecular flexibility index (Phi) is 40.9. The summed E-state index contributed by atoms with van der Waals surface area (Å²) in [5, 5.41) is 96.7. The molecule has 0 saturated heterocycles. The van der Waals surface area contributed by atoms with Gasteiger partial charge in [0.05, 0.1) is 29.8 Å². The van der Waals surface area contributed by atoms with E-state index < -0.39 is 122 Å². The van der Waals surface area contributed by atoms with Crippen molar-refractivity contribution in [3.63, 3.8) is 0 Å². The summed E-state index contributed by atoms with van der Waals surface area (Å²) >= 11 is 0. The van der Waals surface area contributed by atoms with Crippen molar-refractivity contribution >= 4 is 59.7 Å². The summed E-state index contributed by atoms with van der Waals surface area (Å²) in [7, 11) is 0. The van der Waals surface area contributed by atoms with Crippen molar-refractivity contribution in [3.05, 3.63) is 0 Å². The van der Waals surface area contributed by atoms with Crippen LogP contribution in [0.2, 0.25) is 0 Å². The summed E-state index contributed by atoms with van der Waals surface area (Å²) in [5.41, 5.74) is 23.7. The van der Waals surface area contributed by atoms with Gasteiger partial charge in [-0.3, -0.25) is 0 Å². The van der Waals surface area contributed by atoms with Crippen molar-refractivity contribution in [1.29, 1.82) is 0 Å². The molecule has 0 heterocycles. The number of rotatable bonds is 15. The second-order valence-corrected chi connectivity index (χ2v) is 7.51. The van der Waals surface area contributed by atoms with Crippen LogP contribution in [0, 0.1) is 0 Å². The number of carbonyl (C=O) groups excluding carboxylic acids is 10. The van der Waals surface area contributed by atoms with Gasteiger partial charge in [-0.2, -0.15) is 0 Å². The van der Waals surface area contributed by atoms with Gasteiger partial charge in [0, 0.05) is 92.2 Å². The summed E-state index contributed by atoms with van der Waals surface area (Å²) in [4.78, 5) is 96.7. The number of carboxylic acids is 10. The molecule has 47 heavy (non-hydrogen) atoms.